The Morgan fingerprint density at radius 3 is 2.57 bits per heavy atom. The summed E-state index contributed by atoms with van der Waals surface area (Å²) in [5, 5.41) is 3.96. The average molecular weight is 333 g/mol. The number of piperidine rings is 1. The van der Waals surface area contributed by atoms with Gasteiger partial charge in [0.25, 0.3) is 0 Å². The van der Waals surface area contributed by atoms with Crippen LogP contribution in [-0.4, -0.2) is 29.9 Å². The topological polar surface area (TPSA) is 32.3 Å². The van der Waals surface area contributed by atoms with Crippen molar-refractivity contribution in [1.82, 2.24) is 10.2 Å². The van der Waals surface area contributed by atoms with Gasteiger partial charge in [0.2, 0.25) is 5.91 Å². The van der Waals surface area contributed by atoms with E-state index < -0.39 is 5.82 Å². The third kappa shape index (κ3) is 3.87. The Balaban J connectivity index is 2.01. The lowest BCUT2D eigenvalue weighted by atomic mass is 10.0. The zero-order valence-electron chi connectivity index (χ0n) is 12.1. The Hall–Kier alpha value is -0.840. The van der Waals surface area contributed by atoms with Crippen LogP contribution in [0.4, 0.5) is 4.39 Å². The molecule has 6 heteroatoms. The molecule has 2 rings (SSSR count). The van der Waals surface area contributed by atoms with Crippen molar-refractivity contribution in [2.45, 2.75) is 38.8 Å². The molecule has 0 aliphatic carbocycles. The van der Waals surface area contributed by atoms with E-state index >= 15 is 0 Å². The molecule has 0 bridgehead atoms. The van der Waals surface area contributed by atoms with Crippen molar-refractivity contribution in [3.8, 4) is 0 Å². The number of carbonyl (C=O) groups excluding carboxylic acids is 1. The second kappa shape index (κ2) is 6.95. The molecule has 0 aromatic heterocycles. The summed E-state index contributed by atoms with van der Waals surface area (Å²) in [6.07, 6.45) is 1.74. The molecule has 1 atom stereocenters. The molecule has 0 saturated carbocycles. The van der Waals surface area contributed by atoms with E-state index in [4.69, 9.17) is 23.2 Å². The smallest absolute Gasteiger partial charge is 0.219 e. The second-order valence-electron chi connectivity index (χ2n) is 5.43. The first-order chi connectivity index (χ1) is 9.90. The van der Waals surface area contributed by atoms with E-state index in [1.165, 1.54) is 12.1 Å². The van der Waals surface area contributed by atoms with E-state index in [-0.39, 0.29) is 23.0 Å². The molecule has 0 unspecified atom stereocenters. The predicted molar refractivity (Wildman–Crippen MR) is 83.2 cm³/mol. The number of nitrogens with zero attached hydrogens (tertiary/aromatic N) is 1. The highest BCUT2D eigenvalue weighted by atomic mass is 35.5. The minimum Gasteiger partial charge on any atom is -0.343 e. The fourth-order valence-electron chi connectivity index (χ4n) is 2.74. The van der Waals surface area contributed by atoms with Gasteiger partial charge in [-0.15, -0.1) is 0 Å². The molecular weight excluding hydrogens is 314 g/mol. The molecular formula is C15H19Cl2FN2O. The Bertz CT molecular complexity index is 531. The zero-order chi connectivity index (χ0) is 15.6. The van der Waals surface area contributed by atoms with Crippen molar-refractivity contribution in [3.05, 3.63) is 33.6 Å². The van der Waals surface area contributed by atoms with Gasteiger partial charge < -0.3 is 10.2 Å². The number of nitrogens with one attached hydrogen (secondary N) is 1. The van der Waals surface area contributed by atoms with Crippen LogP contribution < -0.4 is 5.32 Å². The van der Waals surface area contributed by atoms with Crippen molar-refractivity contribution in [1.29, 1.82) is 0 Å². The number of hydrogen-bond acceptors (Lipinski definition) is 2. The molecule has 1 aliphatic rings. The Morgan fingerprint density at radius 1 is 1.38 bits per heavy atom. The third-order valence-corrected chi connectivity index (χ3v) is 4.65. The highest BCUT2D eigenvalue weighted by Crippen LogP contribution is 2.33. The summed E-state index contributed by atoms with van der Waals surface area (Å²) in [5.74, 6) is -0.353. The Labute approximate surface area is 134 Å². The number of rotatable bonds is 3. The molecule has 1 fully saturated rings. The van der Waals surface area contributed by atoms with Gasteiger partial charge in [-0.2, -0.15) is 0 Å². The van der Waals surface area contributed by atoms with Crippen molar-refractivity contribution >= 4 is 29.1 Å². The molecule has 21 heavy (non-hydrogen) atoms. The van der Waals surface area contributed by atoms with Crippen LogP contribution in [0.1, 0.15) is 38.3 Å². The van der Waals surface area contributed by atoms with Crippen LogP contribution in [0, 0.1) is 5.82 Å². The highest BCUT2D eigenvalue weighted by molar-refractivity contribution is 6.36. The number of benzene rings is 1. The quantitative estimate of drug-likeness (QED) is 0.854. The normalized spacial score (nSPS) is 17.9. The molecule has 116 valence electrons. The van der Waals surface area contributed by atoms with Crippen LogP contribution in [0.5, 0.6) is 0 Å². The molecule has 0 radical (unpaired) electrons. The second-order valence-corrected chi connectivity index (χ2v) is 6.21. The summed E-state index contributed by atoms with van der Waals surface area (Å²) in [4.78, 5) is 13.1. The Morgan fingerprint density at radius 2 is 2.00 bits per heavy atom. The summed E-state index contributed by atoms with van der Waals surface area (Å²) in [5.41, 5.74) is 0.590. The summed E-state index contributed by atoms with van der Waals surface area (Å²) >= 11 is 12.2. The number of hydrogen-bond donors (Lipinski definition) is 1. The maximum atomic E-state index is 13.6. The Kier molecular flexibility index (Phi) is 5.47. The summed E-state index contributed by atoms with van der Waals surface area (Å²) in [7, 11) is 0. The molecule has 1 aromatic rings. The van der Waals surface area contributed by atoms with Gasteiger partial charge in [0, 0.05) is 42.7 Å². The van der Waals surface area contributed by atoms with E-state index in [9.17, 15) is 9.18 Å². The maximum absolute atomic E-state index is 13.6. The fraction of sp³-hybridized carbons (Fsp3) is 0.533. The van der Waals surface area contributed by atoms with Gasteiger partial charge in [-0.05, 0) is 31.9 Å². The molecule has 1 N–H and O–H groups in total. The average Bonchev–Trinajstić information content (AvgIpc) is 2.44. The maximum Gasteiger partial charge on any atom is 0.219 e. The van der Waals surface area contributed by atoms with Crippen LogP contribution >= 0.6 is 23.2 Å². The first-order valence-electron chi connectivity index (χ1n) is 7.05. The first-order valence-corrected chi connectivity index (χ1v) is 7.80. The van der Waals surface area contributed by atoms with Crippen molar-refractivity contribution in [2.24, 2.45) is 0 Å². The van der Waals surface area contributed by atoms with E-state index in [1.807, 2.05) is 11.8 Å². The number of carbonyl (C=O) groups is 1. The third-order valence-electron chi connectivity index (χ3n) is 3.94. The van der Waals surface area contributed by atoms with Crippen LogP contribution in [0.25, 0.3) is 0 Å². The van der Waals surface area contributed by atoms with Gasteiger partial charge in [-0.1, -0.05) is 23.2 Å². The van der Waals surface area contributed by atoms with E-state index in [1.54, 1.807) is 6.92 Å². The fourth-order valence-corrected chi connectivity index (χ4v) is 3.44. The van der Waals surface area contributed by atoms with E-state index in [0.717, 1.165) is 25.9 Å². The summed E-state index contributed by atoms with van der Waals surface area (Å²) in [6.45, 7) is 4.99. The first kappa shape index (κ1) is 16.5. The largest absolute Gasteiger partial charge is 0.343 e. The van der Waals surface area contributed by atoms with Crippen LogP contribution in [0.2, 0.25) is 10.0 Å². The molecule has 0 spiro atoms. The van der Waals surface area contributed by atoms with Gasteiger partial charge in [0.05, 0.1) is 5.02 Å². The van der Waals surface area contributed by atoms with E-state index in [2.05, 4.69) is 5.32 Å². The number of halogens is 3. The number of amides is 1. The van der Waals surface area contributed by atoms with Gasteiger partial charge in [0.15, 0.2) is 0 Å². The van der Waals surface area contributed by atoms with Crippen molar-refractivity contribution in [3.63, 3.8) is 0 Å². The molecule has 1 amide bonds. The van der Waals surface area contributed by atoms with Gasteiger partial charge in [0.1, 0.15) is 5.82 Å². The van der Waals surface area contributed by atoms with Crippen LogP contribution in [0.3, 0.4) is 0 Å². The minimum absolute atomic E-state index is 0.0728. The monoisotopic (exact) mass is 332 g/mol. The predicted octanol–water partition coefficient (Wildman–Crippen LogP) is 3.79. The lowest BCUT2D eigenvalue weighted by molar-refractivity contribution is -0.129. The standard InChI is InChI=1S/C15H19Cl2FN2O/c1-9(14-12(16)3-4-13(18)15(14)17)19-11-5-7-20(8-6-11)10(2)21/h3-4,9,11,19H,5-8H2,1-2H3/t9-/m1/s1. The lowest BCUT2D eigenvalue weighted by Crippen LogP contribution is -2.44. The van der Waals surface area contributed by atoms with Crippen molar-refractivity contribution < 1.29 is 9.18 Å². The molecule has 1 saturated heterocycles. The lowest BCUT2D eigenvalue weighted by Gasteiger charge is -2.33. The number of likely N-dealkylation sites (tertiary alicyclic amines) is 1. The van der Waals surface area contributed by atoms with Gasteiger partial charge in [-0.3, -0.25) is 4.79 Å². The summed E-state index contributed by atoms with van der Waals surface area (Å²) in [6, 6.07) is 2.92. The van der Waals surface area contributed by atoms with Crippen LogP contribution in [0.15, 0.2) is 12.1 Å². The molecule has 3 nitrogen and oxygen atoms in total. The molecule has 1 aromatic carbocycles. The van der Waals surface area contributed by atoms with Gasteiger partial charge >= 0.3 is 0 Å². The summed E-state index contributed by atoms with van der Waals surface area (Å²) < 4.78 is 13.6. The van der Waals surface area contributed by atoms with Crippen LogP contribution in [-0.2, 0) is 4.79 Å². The van der Waals surface area contributed by atoms with Gasteiger partial charge in [-0.25, -0.2) is 4.39 Å². The zero-order valence-corrected chi connectivity index (χ0v) is 13.6. The molecule has 1 aliphatic heterocycles. The van der Waals surface area contributed by atoms with Crippen molar-refractivity contribution in [2.75, 3.05) is 13.1 Å². The minimum atomic E-state index is -0.462. The SMILES string of the molecule is CC(=O)N1CCC(N[C@H](C)c2c(Cl)ccc(F)c2Cl)CC1. The molecule has 1 heterocycles. The van der Waals surface area contributed by atoms with E-state index in [0.29, 0.717) is 10.6 Å². The highest BCUT2D eigenvalue weighted by Gasteiger charge is 2.24.